The number of carbonyl (C=O) groups is 2. The van der Waals surface area contributed by atoms with Crippen LogP contribution in [0.25, 0.3) is 0 Å². The average Bonchev–Trinajstić information content (AvgIpc) is 2.53. The maximum absolute atomic E-state index is 12.0. The van der Waals surface area contributed by atoms with Crippen molar-refractivity contribution < 1.29 is 9.59 Å². The van der Waals surface area contributed by atoms with E-state index in [1.165, 1.54) is 12.8 Å². The van der Waals surface area contributed by atoms with Gasteiger partial charge in [0.2, 0.25) is 5.91 Å². The van der Waals surface area contributed by atoms with Gasteiger partial charge >= 0.3 is 6.03 Å². The molecule has 0 aromatic rings. The lowest BCUT2D eigenvalue weighted by molar-refractivity contribution is -0.124. The molecule has 0 aliphatic carbocycles. The van der Waals surface area contributed by atoms with E-state index in [0.717, 1.165) is 25.9 Å². The molecule has 0 spiro atoms. The molecule has 1 saturated heterocycles. The van der Waals surface area contributed by atoms with Gasteiger partial charge in [0, 0.05) is 5.54 Å². The van der Waals surface area contributed by atoms with Crippen LogP contribution >= 0.6 is 0 Å². The Kier molecular flexibility index (Phi) is 5.79. The van der Waals surface area contributed by atoms with Crippen molar-refractivity contribution >= 4 is 11.9 Å². The summed E-state index contributed by atoms with van der Waals surface area (Å²) in [4.78, 5) is 25.9. The van der Waals surface area contributed by atoms with Gasteiger partial charge in [-0.2, -0.15) is 0 Å². The van der Waals surface area contributed by atoms with Crippen LogP contribution in [0, 0.1) is 0 Å². The van der Waals surface area contributed by atoms with Crippen molar-refractivity contribution in [3.63, 3.8) is 0 Å². The number of carbonyl (C=O) groups excluding carboxylic acids is 2. The number of imide groups is 1. The van der Waals surface area contributed by atoms with Gasteiger partial charge in [-0.25, -0.2) is 4.79 Å². The summed E-state index contributed by atoms with van der Waals surface area (Å²) in [5, 5.41) is 5.15. The highest BCUT2D eigenvalue weighted by atomic mass is 16.2. The van der Waals surface area contributed by atoms with Crippen LogP contribution in [-0.4, -0.2) is 41.5 Å². The first-order chi connectivity index (χ1) is 8.79. The number of nitrogens with zero attached hydrogens (tertiary/aromatic N) is 1. The van der Waals surface area contributed by atoms with Crippen LogP contribution in [0.1, 0.15) is 53.4 Å². The van der Waals surface area contributed by atoms with Crippen molar-refractivity contribution in [2.75, 3.05) is 13.1 Å². The highest BCUT2D eigenvalue weighted by molar-refractivity contribution is 5.97. The fourth-order valence-corrected chi connectivity index (χ4v) is 2.24. The zero-order valence-electron chi connectivity index (χ0n) is 12.6. The fraction of sp³-hybridized carbons (Fsp3) is 0.857. The van der Waals surface area contributed by atoms with Gasteiger partial charge in [-0.3, -0.25) is 15.0 Å². The highest BCUT2D eigenvalue weighted by Gasteiger charge is 2.24. The Labute approximate surface area is 116 Å². The summed E-state index contributed by atoms with van der Waals surface area (Å²) in [5.74, 6) is -0.219. The third-order valence-electron chi connectivity index (χ3n) is 3.29. The smallest absolute Gasteiger partial charge is 0.321 e. The van der Waals surface area contributed by atoms with Crippen molar-refractivity contribution in [1.82, 2.24) is 15.5 Å². The summed E-state index contributed by atoms with van der Waals surface area (Å²) >= 11 is 0. The van der Waals surface area contributed by atoms with E-state index in [-0.39, 0.29) is 17.5 Å². The number of hydrogen-bond acceptors (Lipinski definition) is 3. The molecule has 2 N–H and O–H groups in total. The molecule has 110 valence electrons. The Hall–Kier alpha value is -1.10. The predicted octanol–water partition coefficient (Wildman–Crippen LogP) is 1.88. The molecule has 1 unspecified atom stereocenters. The zero-order valence-corrected chi connectivity index (χ0v) is 12.6. The van der Waals surface area contributed by atoms with E-state index < -0.39 is 6.03 Å². The van der Waals surface area contributed by atoms with Crippen molar-refractivity contribution in [1.29, 1.82) is 0 Å². The number of amides is 3. The summed E-state index contributed by atoms with van der Waals surface area (Å²) < 4.78 is 0. The average molecular weight is 269 g/mol. The van der Waals surface area contributed by atoms with E-state index in [0.29, 0.717) is 0 Å². The minimum atomic E-state index is -0.417. The molecule has 1 heterocycles. The summed E-state index contributed by atoms with van der Waals surface area (Å²) in [6, 6.07) is -0.664. The molecule has 1 atom stereocenters. The lowest BCUT2D eigenvalue weighted by Gasteiger charge is -2.27. The van der Waals surface area contributed by atoms with Crippen LogP contribution in [-0.2, 0) is 4.79 Å². The number of urea groups is 1. The summed E-state index contributed by atoms with van der Waals surface area (Å²) in [7, 11) is 0. The van der Waals surface area contributed by atoms with E-state index in [2.05, 4.69) is 15.5 Å². The van der Waals surface area contributed by atoms with Gasteiger partial charge in [-0.15, -0.1) is 0 Å². The second-order valence-electron chi connectivity index (χ2n) is 6.32. The van der Waals surface area contributed by atoms with Gasteiger partial charge in [-0.1, -0.05) is 12.8 Å². The molecule has 1 fully saturated rings. The normalized spacial score (nSPS) is 19.4. The second kappa shape index (κ2) is 6.89. The number of hydrogen-bond donors (Lipinski definition) is 2. The first kappa shape index (κ1) is 16.0. The first-order valence-electron chi connectivity index (χ1n) is 7.16. The Morgan fingerprint density at radius 2 is 1.58 bits per heavy atom. The quantitative estimate of drug-likeness (QED) is 0.804. The first-order valence-corrected chi connectivity index (χ1v) is 7.16. The molecule has 1 aliphatic rings. The molecule has 0 aromatic carbocycles. The maximum atomic E-state index is 12.0. The third kappa shape index (κ3) is 6.05. The lowest BCUT2D eigenvalue weighted by atomic mass is 10.1. The van der Waals surface area contributed by atoms with Gasteiger partial charge in [0.25, 0.3) is 0 Å². The molecule has 3 amide bonds. The topological polar surface area (TPSA) is 61.4 Å². The fourth-order valence-electron chi connectivity index (χ4n) is 2.24. The summed E-state index contributed by atoms with van der Waals surface area (Å²) in [6.45, 7) is 9.40. The molecule has 1 aliphatic heterocycles. The Morgan fingerprint density at radius 3 is 2.05 bits per heavy atom. The monoisotopic (exact) mass is 269 g/mol. The van der Waals surface area contributed by atoms with E-state index in [4.69, 9.17) is 0 Å². The van der Waals surface area contributed by atoms with Crippen LogP contribution in [0.2, 0.25) is 0 Å². The maximum Gasteiger partial charge on any atom is 0.321 e. The predicted molar refractivity (Wildman–Crippen MR) is 75.9 cm³/mol. The largest absolute Gasteiger partial charge is 0.333 e. The van der Waals surface area contributed by atoms with Crippen molar-refractivity contribution in [3.8, 4) is 0 Å². The minimum absolute atomic E-state index is 0.219. The molecule has 5 heteroatoms. The van der Waals surface area contributed by atoms with Crippen LogP contribution in [0.5, 0.6) is 0 Å². The molecule has 0 aromatic heterocycles. The standard InChI is InChI=1S/C14H27N3O2/c1-11(17-9-7-5-6-8-10-17)12(18)15-13(19)16-14(2,3)4/h11H,5-10H2,1-4H3,(H2,15,16,18,19). The van der Waals surface area contributed by atoms with E-state index >= 15 is 0 Å². The van der Waals surface area contributed by atoms with Crippen molar-refractivity contribution in [2.24, 2.45) is 0 Å². The SMILES string of the molecule is CC(C(=O)NC(=O)NC(C)(C)C)N1CCCCCC1. The molecule has 0 saturated carbocycles. The van der Waals surface area contributed by atoms with Gasteiger partial charge in [0.05, 0.1) is 6.04 Å². The van der Waals surface area contributed by atoms with Gasteiger partial charge in [-0.05, 0) is 53.6 Å². The Morgan fingerprint density at radius 1 is 1.05 bits per heavy atom. The molecular formula is C14H27N3O2. The molecular weight excluding hydrogens is 242 g/mol. The lowest BCUT2D eigenvalue weighted by Crippen LogP contribution is -2.53. The van der Waals surface area contributed by atoms with E-state index in [1.807, 2.05) is 27.7 Å². The highest BCUT2D eigenvalue weighted by Crippen LogP contribution is 2.12. The van der Waals surface area contributed by atoms with E-state index in [9.17, 15) is 9.59 Å². The minimum Gasteiger partial charge on any atom is -0.333 e. The van der Waals surface area contributed by atoms with Gasteiger partial charge in [0.1, 0.15) is 0 Å². The second-order valence-corrected chi connectivity index (χ2v) is 6.32. The molecule has 0 radical (unpaired) electrons. The molecule has 1 rings (SSSR count). The third-order valence-corrected chi connectivity index (χ3v) is 3.29. The van der Waals surface area contributed by atoms with Crippen LogP contribution in [0.3, 0.4) is 0 Å². The molecule has 0 bridgehead atoms. The number of nitrogens with one attached hydrogen (secondary N) is 2. The van der Waals surface area contributed by atoms with Crippen molar-refractivity contribution in [3.05, 3.63) is 0 Å². The van der Waals surface area contributed by atoms with Gasteiger partial charge < -0.3 is 5.32 Å². The van der Waals surface area contributed by atoms with Crippen LogP contribution < -0.4 is 10.6 Å². The summed E-state index contributed by atoms with van der Waals surface area (Å²) in [6.07, 6.45) is 4.72. The van der Waals surface area contributed by atoms with Crippen molar-refractivity contribution in [2.45, 2.75) is 65.0 Å². The number of likely N-dealkylation sites (tertiary alicyclic amines) is 1. The summed E-state index contributed by atoms with van der Waals surface area (Å²) in [5.41, 5.74) is -0.337. The molecule has 19 heavy (non-hydrogen) atoms. The van der Waals surface area contributed by atoms with Crippen LogP contribution in [0.15, 0.2) is 0 Å². The number of rotatable bonds is 2. The van der Waals surface area contributed by atoms with Gasteiger partial charge in [0.15, 0.2) is 0 Å². The Bertz CT molecular complexity index is 315. The Balaban J connectivity index is 2.45. The molecule has 5 nitrogen and oxygen atoms in total. The van der Waals surface area contributed by atoms with E-state index in [1.54, 1.807) is 0 Å². The zero-order chi connectivity index (χ0) is 14.5. The van der Waals surface area contributed by atoms with Crippen LogP contribution in [0.4, 0.5) is 4.79 Å².